The van der Waals surface area contributed by atoms with E-state index >= 15 is 0 Å². The van der Waals surface area contributed by atoms with Crippen molar-refractivity contribution in [3.8, 4) is 0 Å². The van der Waals surface area contributed by atoms with Crippen molar-refractivity contribution < 1.29 is 20.1 Å². The second kappa shape index (κ2) is 4.39. The third-order valence-electron chi connectivity index (χ3n) is 1.69. The zero-order chi connectivity index (χ0) is 11.6. The van der Waals surface area contributed by atoms with Crippen LogP contribution in [0.3, 0.4) is 0 Å². The lowest BCUT2D eigenvalue weighted by molar-refractivity contribution is -0.153. The summed E-state index contributed by atoms with van der Waals surface area (Å²) in [6.07, 6.45) is -3.69. The lowest BCUT2D eigenvalue weighted by Gasteiger charge is -2.15. The molecule has 7 nitrogen and oxygen atoms in total. The average molecular weight is 234 g/mol. The Morgan fingerprint density at radius 1 is 1.47 bits per heavy atom. The first kappa shape index (κ1) is 11.6. The highest BCUT2D eigenvalue weighted by Gasteiger charge is 2.27. The van der Waals surface area contributed by atoms with Crippen LogP contribution in [0.2, 0.25) is 5.15 Å². The molecule has 0 aliphatic carbocycles. The number of aliphatic hydroxyl groups excluding tert-OH is 2. The molecule has 2 atom stereocenters. The minimum Gasteiger partial charge on any atom is -0.479 e. The van der Waals surface area contributed by atoms with Crippen LogP contribution < -0.4 is 5.73 Å². The molecule has 5 N–H and O–H groups in total. The first-order valence-corrected chi connectivity index (χ1v) is 4.18. The molecule has 0 saturated carbocycles. The monoisotopic (exact) mass is 233 g/mol. The first-order valence-electron chi connectivity index (χ1n) is 3.81. The second-order valence-corrected chi connectivity index (χ2v) is 3.12. The molecule has 0 spiro atoms. The number of halogens is 1. The fourth-order valence-corrected chi connectivity index (χ4v) is 1.09. The first-order chi connectivity index (χ1) is 6.93. The number of carbonyl (C=O) groups is 1. The number of rotatable bonds is 3. The van der Waals surface area contributed by atoms with Crippen LogP contribution in [0.15, 0.2) is 6.07 Å². The van der Waals surface area contributed by atoms with Gasteiger partial charge in [0.05, 0.1) is 0 Å². The molecule has 8 heteroatoms. The van der Waals surface area contributed by atoms with Crippen molar-refractivity contribution >= 4 is 23.4 Å². The number of hydrogen-bond donors (Lipinski definition) is 4. The van der Waals surface area contributed by atoms with Crippen LogP contribution in [-0.2, 0) is 4.79 Å². The van der Waals surface area contributed by atoms with E-state index in [0.717, 1.165) is 6.07 Å². The van der Waals surface area contributed by atoms with E-state index in [1.807, 2.05) is 0 Å². The molecule has 0 aliphatic heterocycles. The van der Waals surface area contributed by atoms with Crippen molar-refractivity contribution in [2.24, 2.45) is 0 Å². The largest absolute Gasteiger partial charge is 0.479 e. The standard InChI is InChI=1S/C7H8ClN3O4/c8-3-1-2(6(9)11-10-3)4(12)5(13)7(14)15/h1,4-5,12-13H,(H2,9,11)(H,14,15). The normalized spacial score (nSPS) is 14.6. The molecular weight excluding hydrogens is 226 g/mol. The molecule has 1 aromatic rings. The topological polar surface area (TPSA) is 130 Å². The van der Waals surface area contributed by atoms with Gasteiger partial charge in [-0.3, -0.25) is 0 Å². The molecule has 0 radical (unpaired) electrons. The number of anilines is 1. The van der Waals surface area contributed by atoms with Gasteiger partial charge in [-0.05, 0) is 6.07 Å². The summed E-state index contributed by atoms with van der Waals surface area (Å²) in [5.74, 6) is -1.76. The number of nitrogens with two attached hydrogens (primary N) is 1. The smallest absolute Gasteiger partial charge is 0.335 e. The Kier molecular flexibility index (Phi) is 3.40. The van der Waals surface area contributed by atoms with Crippen molar-refractivity contribution in [1.29, 1.82) is 0 Å². The molecule has 82 valence electrons. The Morgan fingerprint density at radius 3 is 2.60 bits per heavy atom. The molecule has 0 saturated heterocycles. The summed E-state index contributed by atoms with van der Waals surface area (Å²) in [7, 11) is 0. The minimum atomic E-state index is -1.99. The molecule has 0 fully saturated rings. The van der Waals surface area contributed by atoms with Gasteiger partial charge < -0.3 is 21.1 Å². The molecule has 1 aromatic heterocycles. The molecule has 0 aromatic carbocycles. The highest BCUT2D eigenvalue weighted by molar-refractivity contribution is 6.29. The maximum Gasteiger partial charge on any atom is 0.335 e. The minimum absolute atomic E-state index is 0.0594. The molecule has 0 amide bonds. The van der Waals surface area contributed by atoms with Gasteiger partial charge in [0.25, 0.3) is 0 Å². The van der Waals surface area contributed by atoms with Crippen molar-refractivity contribution in [3.63, 3.8) is 0 Å². The van der Waals surface area contributed by atoms with Gasteiger partial charge in [0.1, 0.15) is 6.10 Å². The van der Waals surface area contributed by atoms with Gasteiger partial charge in [0.15, 0.2) is 17.1 Å². The Labute approximate surface area is 89.1 Å². The van der Waals surface area contributed by atoms with Crippen LogP contribution in [0, 0.1) is 0 Å². The summed E-state index contributed by atoms with van der Waals surface area (Å²) >= 11 is 5.48. The third-order valence-corrected chi connectivity index (χ3v) is 1.88. The predicted octanol–water partition coefficient (Wildman–Crippen LogP) is -0.809. The van der Waals surface area contributed by atoms with Gasteiger partial charge in [-0.2, -0.15) is 0 Å². The highest BCUT2D eigenvalue weighted by Crippen LogP contribution is 2.23. The van der Waals surface area contributed by atoms with E-state index in [4.69, 9.17) is 27.5 Å². The number of nitrogens with zero attached hydrogens (tertiary/aromatic N) is 2. The van der Waals surface area contributed by atoms with Crippen LogP contribution >= 0.6 is 11.6 Å². The van der Waals surface area contributed by atoms with Gasteiger partial charge in [0, 0.05) is 5.56 Å². The van der Waals surface area contributed by atoms with Gasteiger partial charge in [-0.15, -0.1) is 10.2 Å². The third kappa shape index (κ3) is 2.52. The van der Waals surface area contributed by atoms with Crippen LogP contribution in [0.25, 0.3) is 0 Å². The molecular formula is C7H8ClN3O4. The van der Waals surface area contributed by atoms with Crippen LogP contribution in [0.4, 0.5) is 5.82 Å². The molecule has 1 rings (SSSR count). The quantitative estimate of drug-likeness (QED) is 0.537. The number of aliphatic carboxylic acids is 1. The SMILES string of the molecule is Nc1nnc(Cl)cc1C(O)C(O)C(=O)O. The lowest BCUT2D eigenvalue weighted by Crippen LogP contribution is -2.28. The summed E-state index contributed by atoms with van der Waals surface area (Å²) in [4.78, 5) is 10.4. The molecule has 2 unspecified atom stereocenters. The number of carboxylic acids is 1. The van der Waals surface area contributed by atoms with Gasteiger partial charge in [-0.25, -0.2) is 4.79 Å². The van der Waals surface area contributed by atoms with E-state index in [0.29, 0.717) is 0 Å². The highest BCUT2D eigenvalue weighted by atomic mass is 35.5. The zero-order valence-electron chi connectivity index (χ0n) is 7.33. The van der Waals surface area contributed by atoms with Crippen LogP contribution in [0.5, 0.6) is 0 Å². The summed E-state index contributed by atoms with van der Waals surface area (Å²) in [6, 6.07) is 1.14. The fourth-order valence-electron chi connectivity index (χ4n) is 0.933. The van der Waals surface area contributed by atoms with Crippen molar-refractivity contribution in [1.82, 2.24) is 10.2 Å². The molecule has 0 bridgehead atoms. The van der Waals surface area contributed by atoms with E-state index < -0.39 is 18.2 Å². The lowest BCUT2D eigenvalue weighted by atomic mass is 10.1. The van der Waals surface area contributed by atoms with E-state index in [-0.39, 0.29) is 16.5 Å². The number of carboxylic acid groups (broad SMARTS) is 1. The van der Waals surface area contributed by atoms with Crippen molar-refractivity contribution in [2.45, 2.75) is 12.2 Å². The number of aliphatic hydroxyl groups is 2. The maximum atomic E-state index is 10.4. The van der Waals surface area contributed by atoms with E-state index in [2.05, 4.69) is 10.2 Å². The Morgan fingerprint density at radius 2 is 2.07 bits per heavy atom. The zero-order valence-corrected chi connectivity index (χ0v) is 8.09. The Balaban J connectivity index is 3.04. The van der Waals surface area contributed by atoms with E-state index in [9.17, 15) is 9.90 Å². The van der Waals surface area contributed by atoms with Crippen LogP contribution in [0.1, 0.15) is 11.7 Å². The predicted molar refractivity (Wildman–Crippen MR) is 50.1 cm³/mol. The summed E-state index contributed by atoms with van der Waals surface area (Å²) in [5.41, 5.74) is 5.25. The number of aromatic nitrogens is 2. The van der Waals surface area contributed by atoms with Crippen LogP contribution in [-0.4, -0.2) is 37.6 Å². The number of nitrogen functional groups attached to an aromatic ring is 1. The maximum absolute atomic E-state index is 10.4. The fraction of sp³-hybridized carbons (Fsp3) is 0.286. The Hall–Kier alpha value is -1.44. The van der Waals surface area contributed by atoms with E-state index in [1.54, 1.807) is 0 Å². The molecule has 15 heavy (non-hydrogen) atoms. The van der Waals surface area contributed by atoms with Crippen molar-refractivity contribution in [2.75, 3.05) is 5.73 Å². The number of hydrogen-bond acceptors (Lipinski definition) is 6. The van der Waals surface area contributed by atoms with Gasteiger partial charge in [-0.1, -0.05) is 11.6 Å². The van der Waals surface area contributed by atoms with Gasteiger partial charge in [0.2, 0.25) is 0 Å². The van der Waals surface area contributed by atoms with Crippen molar-refractivity contribution in [3.05, 3.63) is 16.8 Å². The Bertz CT molecular complexity index is 386. The molecule has 1 heterocycles. The van der Waals surface area contributed by atoms with Gasteiger partial charge >= 0.3 is 5.97 Å². The summed E-state index contributed by atoms with van der Waals surface area (Å²) < 4.78 is 0. The summed E-state index contributed by atoms with van der Waals surface area (Å²) in [6.45, 7) is 0. The summed E-state index contributed by atoms with van der Waals surface area (Å²) in [5, 5.41) is 33.6. The van der Waals surface area contributed by atoms with E-state index in [1.165, 1.54) is 0 Å². The second-order valence-electron chi connectivity index (χ2n) is 2.74. The average Bonchev–Trinajstić information content (AvgIpc) is 2.19. The molecule has 0 aliphatic rings.